The van der Waals surface area contributed by atoms with E-state index in [1.807, 2.05) is 18.7 Å². The first-order chi connectivity index (χ1) is 8.93. The van der Waals surface area contributed by atoms with Crippen molar-refractivity contribution in [2.24, 2.45) is 0 Å². The molecule has 0 bridgehead atoms. The zero-order valence-electron chi connectivity index (χ0n) is 12.2. The topological polar surface area (TPSA) is 29.0 Å². The molecular formula is C14H22ClN3S. The molecular weight excluding hydrogens is 278 g/mol. The van der Waals surface area contributed by atoms with Crippen molar-refractivity contribution in [1.29, 1.82) is 0 Å². The number of nitrogens with zero attached hydrogens (tertiary/aromatic N) is 3. The Morgan fingerprint density at radius 3 is 2.74 bits per heavy atom. The average molecular weight is 300 g/mol. The van der Waals surface area contributed by atoms with E-state index in [0.29, 0.717) is 5.15 Å². The summed E-state index contributed by atoms with van der Waals surface area (Å²) in [5.74, 6) is 3.03. The summed E-state index contributed by atoms with van der Waals surface area (Å²) in [5.41, 5.74) is 1.00. The maximum atomic E-state index is 6.26. The zero-order valence-corrected chi connectivity index (χ0v) is 13.7. The van der Waals surface area contributed by atoms with Crippen LogP contribution in [0.2, 0.25) is 5.15 Å². The van der Waals surface area contributed by atoms with Crippen LogP contribution in [0.3, 0.4) is 0 Å². The van der Waals surface area contributed by atoms with Gasteiger partial charge in [-0.05, 0) is 27.2 Å². The number of hydrogen-bond acceptors (Lipinski definition) is 4. The number of aromatic nitrogens is 2. The number of thioether (sulfide) groups is 1. The Labute approximate surface area is 125 Å². The monoisotopic (exact) mass is 299 g/mol. The molecule has 3 nitrogen and oxygen atoms in total. The molecule has 1 fully saturated rings. The van der Waals surface area contributed by atoms with E-state index in [4.69, 9.17) is 16.6 Å². The van der Waals surface area contributed by atoms with Gasteiger partial charge in [-0.2, -0.15) is 11.8 Å². The summed E-state index contributed by atoms with van der Waals surface area (Å²) < 4.78 is 0.271. The van der Waals surface area contributed by atoms with Crippen LogP contribution in [-0.2, 0) is 6.42 Å². The lowest BCUT2D eigenvalue weighted by molar-refractivity contribution is 0.637. The van der Waals surface area contributed by atoms with Crippen LogP contribution in [0.25, 0.3) is 0 Å². The van der Waals surface area contributed by atoms with E-state index in [-0.39, 0.29) is 4.75 Å². The minimum Gasteiger partial charge on any atom is -0.354 e. The van der Waals surface area contributed by atoms with Gasteiger partial charge in [0.05, 0.1) is 0 Å². The first-order valence-corrected chi connectivity index (χ1v) is 8.21. The van der Waals surface area contributed by atoms with Gasteiger partial charge in [0.15, 0.2) is 0 Å². The Hall–Kier alpha value is -0.480. The molecule has 1 aliphatic rings. The van der Waals surface area contributed by atoms with Gasteiger partial charge < -0.3 is 4.90 Å². The van der Waals surface area contributed by atoms with Crippen molar-refractivity contribution < 1.29 is 0 Å². The molecule has 19 heavy (non-hydrogen) atoms. The Bertz CT molecular complexity index is 462. The van der Waals surface area contributed by atoms with E-state index in [1.54, 1.807) is 0 Å². The molecule has 1 saturated heterocycles. The second-order valence-corrected chi connectivity index (χ2v) is 7.82. The summed E-state index contributed by atoms with van der Waals surface area (Å²) in [7, 11) is 0. The Kier molecular flexibility index (Phi) is 4.62. The largest absolute Gasteiger partial charge is 0.354 e. The third kappa shape index (κ3) is 3.54. The van der Waals surface area contributed by atoms with E-state index in [0.717, 1.165) is 48.9 Å². The van der Waals surface area contributed by atoms with Gasteiger partial charge in [0, 0.05) is 35.6 Å². The van der Waals surface area contributed by atoms with Crippen LogP contribution >= 0.6 is 23.4 Å². The van der Waals surface area contributed by atoms with Crippen LogP contribution in [0, 0.1) is 6.92 Å². The molecule has 0 N–H and O–H groups in total. The molecule has 0 aromatic carbocycles. The van der Waals surface area contributed by atoms with Gasteiger partial charge in [-0.15, -0.1) is 0 Å². The summed E-state index contributed by atoms with van der Waals surface area (Å²) in [6, 6.07) is 0. The molecule has 0 spiro atoms. The SMILES string of the molecule is CCCc1nc(Cl)c(C)c(N2CCSC(C)(C)C2)n1. The second kappa shape index (κ2) is 5.88. The number of anilines is 1. The Balaban J connectivity index is 2.32. The summed E-state index contributed by atoms with van der Waals surface area (Å²) in [4.78, 5) is 11.5. The molecule has 5 heteroatoms. The van der Waals surface area contributed by atoms with Crippen LogP contribution < -0.4 is 4.90 Å². The number of halogens is 1. The van der Waals surface area contributed by atoms with Gasteiger partial charge in [-0.25, -0.2) is 9.97 Å². The zero-order chi connectivity index (χ0) is 14.0. The molecule has 2 heterocycles. The lowest BCUT2D eigenvalue weighted by Crippen LogP contribution is -2.44. The van der Waals surface area contributed by atoms with E-state index in [1.165, 1.54) is 0 Å². The fraction of sp³-hybridized carbons (Fsp3) is 0.714. The van der Waals surface area contributed by atoms with Crippen molar-refractivity contribution in [2.45, 2.75) is 45.3 Å². The lowest BCUT2D eigenvalue weighted by Gasteiger charge is -2.38. The van der Waals surface area contributed by atoms with E-state index in [9.17, 15) is 0 Å². The number of hydrogen-bond donors (Lipinski definition) is 0. The van der Waals surface area contributed by atoms with Gasteiger partial charge in [-0.3, -0.25) is 0 Å². The molecule has 0 saturated carbocycles. The highest BCUT2D eigenvalue weighted by Crippen LogP contribution is 2.33. The Morgan fingerprint density at radius 2 is 2.11 bits per heavy atom. The predicted octanol–water partition coefficient (Wildman–Crippen LogP) is 3.72. The molecule has 1 aromatic rings. The van der Waals surface area contributed by atoms with Crippen molar-refractivity contribution >= 4 is 29.2 Å². The predicted molar refractivity (Wildman–Crippen MR) is 84.5 cm³/mol. The summed E-state index contributed by atoms with van der Waals surface area (Å²) in [6.45, 7) is 10.8. The summed E-state index contributed by atoms with van der Waals surface area (Å²) in [5, 5.41) is 0.601. The van der Waals surface area contributed by atoms with Crippen molar-refractivity contribution in [3.05, 3.63) is 16.5 Å². The highest BCUT2D eigenvalue weighted by Gasteiger charge is 2.29. The van der Waals surface area contributed by atoms with Crippen LogP contribution in [0.4, 0.5) is 5.82 Å². The third-order valence-corrected chi connectivity index (χ3v) is 4.97. The lowest BCUT2D eigenvalue weighted by atomic mass is 10.1. The standard InChI is InChI=1S/C14H22ClN3S/c1-5-6-11-16-12(15)10(2)13(17-11)18-7-8-19-14(3,4)9-18/h5-9H2,1-4H3. The van der Waals surface area contributed by atoms with Crippen molar-refractivity contribution in [2.75, 3.05) is 23.7 Å². The molecule has 106 valence electrons. The first kappa shape index (κ1) is 14.9. The van der Waals surface area contributed by atoms with E-state index in [2.05, 4.69) is 30.7 Å². The van der Waals surface area contributed by atoms with E-state index >= 15 is 0 Å². The smallest absolute Gasteiger partial charge is 0.137 e. The van der Waals surface area contributed by atoms with E-state index < -0.39 is 0 Å². The van der Waals surface area contributed by atoms with Crippen LogP contribution in [0.15, 0.2) is 0 Å². The highest BCUT2D eigenvalue weighted by molar-refractivity contribution is 8.00. The minimum atomic E-state index is 0.271. The summed E-state index contributed by atoms with van der Waals surface area (Å²) >= 11 is 8.29. The maximum Gasteiger partial charge on any atom is 0.137 e. The average Bonchev–Trinajstić information content (AvgIpc) is 2.32. The van der Waals surface area contributed by atoms with Crippen LogP contribution in [0.1, 0.15) is 38.6 Å². The van der Waals surface area contributed by atoms with Crippen molar-refractivity contribution in [1.82, 2.24) is 9.97 Å². The fourth-order valence-corrected chi connectivity index (χ4v) is 3.65. The second-order valence-electron chi connectivity index (χ2n) is 5.66. The summed E-state index contributed by atoms with van der Waals surface area (Å²) in [6.07, 6.45) is 1.93. The molecule has 0 aliphatic carbocycles. The molecule has 1 aliphatic heterocycles. The highest BCUT2D eigenvalue weighted by atomic mass is 35.5. The van der Waals surface area contributed by atoms with Crippen molar-refractivity contribution in [3.63, 3.8) is 0 Å². The van der Waals surface area contributed by atoms with Gasteiger partial charge in [0.25, 0.3) is 0 Å². The van der Waals surface area contributed by atoms with Crippen LogP contribution in [0.5, 0.6) is 0 Å². The van der Waals surface area contributed by atoms with Gasteiger partial charge in [0.2, 0.25) is 0 Å². The van der Waals surface area contributed by atoms with Gasteiger partial charge in [-0.1, -0.05) is 18.5 Å². The Morgan fingerprint density at radius 1 is 1.37 bits per heavy atom. The molecule has 2 rings (SSSR count). The molecule has 0 radical (unpaired) electrons. The van der Waals surface area contributed by atoms with Gasteiger partial charge >= 0.3 is 0 Å². The molecule has 0 unspecified atom stereocenters. The van der Waals surface area contributed by atoms with Crippen LogP contribution in [-0.4, -0.2) is 33.6 Å². The maximum absolute atomic E-state index is 6.26. The fourth-order valence-electron chi connectivity index (χ4n) is 2.36. The molecule has 1 aromatic heterocycles. The molecule has 0 amide bonds. The minimum absolute atomic E-state index is 0.271. The molecule has 0 atom stereocenters. The first-order valence-electron chi connectivity index (χ1n) is 6.85. The third-order valence-electron chi connectivity index (χ3n) is 3.31. The van der Waals surface area contributed by atoms with Gasteiger partial charge in [0.1, 0.15) is 16.8 Å². The normalized spacial score (nSPS) is 18.7. The quantitative estimate of drug-likeness (QED) is 0.796. The number of aryl methyl sites for hydroxylation is 1. The number of rotatable bonds is 3. The van der Waals surface area contributed by atoms with Crippen molar-refractivity contribution in [3.8, 4) is 0 Å².